The molecule has 0 saturated heterocycles. The number of methoxy groups -OCH3 is 1. The van der Waals surface area contributed by atoms with E-state index >= 15 is 0 Å². The van der Waals surface area contributed by atoms with Crippen molar-refractivity contribution in [2.75, 3.05) is 13.7 Å². The minimum Gasteiger partial charge on any atom is -0.477 e. The van der Waals surface area contributed by atoms with Crippen LogP contribution in [0.15, 0.2) is 18.0 Å². The van der Waals surface area contributed by atoms with Gasteiger partial charge in [-0.2, -0.15) is 0 Å². The largest absolute Gasteiger partial charge is 0.477 e. The molecule has 0 spiro atoms. The molecule has 2 rings (SSSR count). The van der Waals surface area contributed by atoms with Crippen LogP contribution in [-0.2, 0) is 11.2 Å². The van der Waals surface area contributed by atoms with E-state index in [0.717, 1.165) is 17.0 Å². The van der Waals surface area contributed by atoms with Gasteiger partial charge in [-0.1, -0.05) is 0 Å². The van der Waals surface area contributed by atoms with Crippen LogP contribution in [0.5, 0.6) is 5.88 Å². The standard InChI is InChI=1S/C12H13N3O3S/c1-8-10(19-7-15-8)3-4-18-11-9(12(16)17-2)5-13-6-14-11/h5-7H,3-4H2,1-2H3. The van der Waals surface area contributed by atoms with Gasteiger partial charge in [0.05, 0.1) is 24.9 Å². The highest BCUT2D eigenvalue weighted by atomic mass is 32.1. The average molecular weight is 279 g/mol. The Kier molecular flexibility index (Phi) is 4.40. The normalized spacial score (nSPS) is 10.2. The first kappa shape index (κ1) is 13.4. The Morgan fingerprint density at radius 1 is 1.42 bits per heavy atom. The molecule has 7 heteroatoms. The zero-order chi connectivity index (χ0) is 13.7. The van der Waals surface area contributed by atoms with E-state index in [1.54, 1.807) is 16.8 Å². The van der Waals surface area contributed by atoms with Crippen molar-refractivity contribution in [3.8, 4) is 5.88 Å². The van der Waals surface area contributed by atoms with Gasteiger partial charge in [-0.15, -0.1) is 11.3 Å². The van der Waals surface area contributed by atoms with Crippen LogP contribution in [0.2, 0.25) is 0 Å². The fraction of sp³-hybridized carbons (Fsp3) is 0.333. The van der Waals surface area contributed by atoms with Gasteiger partial charge in [0.2, 0.25) is 5.88 Å². The summed E-state index contributed by atoms with van der Waals surface area (Å²) in [6.07, 6.45) is 3.44. The second-order valence-corrected chi connectivity index (χ2v) is 4.63. The fourth-order valence-electron chi connectivity index (χ4n) is 1.49. The molecule has 0 N–H and O–H groups in total. The number of thiazole rings is 1. The highest BCUT2D eigenvalue weighted by molar-refractivity contribution is 7.09. The van der Waals surface area contributed by atoms with Crippen LogP contribution in [0.4, 0.5) is 0 Å². The van der Waals surface area contributed by atoms with E-state index in [1.165, 1.54) is 19.6 Å². The molecule has 2 heterocycles. The molecule has 2 aromatic rings. The summed E-state index contributed by atoms with van der Waals surface area (Å²) in [6, 6.07) is 0. The molecule has 0 radical (unpaired) electrons. The second kappa shape index (κ2) is 6.24. The predicted octanol–water partition coefficient (Wildman–Crippen LogP) is 1.65. The lowest BCUT2D eigenvalue weighted by molar-refractivity contribution is 0.0594. The van der Waals surface area contributed by atoms with E-state index in [4.69, 9.17) is 4.74 Å². The third kappa shape index (κ3) is 3.25. The Morgan fingerprint density at radius 2 is 2.26 bits per heavy atom. The van der Waals surface area contributed by atoms with E-state index in [0.29, 0.717) is 6.61 Å². The quantitative estimate of drug-likeness (QED) is 0.775. The Hall–Kier alpha value is -2.02. The zero-order valence-electron chi connectivity index (χ0n) is 10.6. The molecule has 19 heavy (non-hydrogen) atoms. The molecular formula is C12H13N3O3S. The van der Waals surface area contributed by atoms with Gasteiger partial charge in [0.1, 0.15) is 11.9 Å². The van der Waals surface area contributed by atoms with Crippen LogP contribution in [0.1, 0.15) is 20.9 Å². The fourth-order valence-corrected chi connectivity index (χ4v) is 2.25. The topological polar surface area (TPSA) is 74.2 Å². The van der Waals surface area contributed by atoms with Crippen molar-refractivity contribution in [2.45, 2.75) is 13.3 Å². The van der Waals surface area contributed by atoms with Crippen molar-refractivity contribution in [1.82, 2.24) is 15.0 Å². The van der Waals surface area contributed by atoms with Crippen molar-refractivity contribution < 1.29 is 14.3 Å². The van der Waals surface area contributed by atoms with Gasteiger partial charge in [0.25, 0.3) is 0 Å². The minimum absolute atomic E-state index is 0.228. The molecule has 0 fully saturated rings. The summed E-state index contributed by atoms with van der Waals surface area (Å²) in [7, 11) is 1.31. The van der Waals surface area contributed by atoms with Crippen molar-refractivity contribution in [1.29, 1.82) is 0 Å². The number of aromatic nitrogens is 3. The first-order valence-electron chi connectivity index (χ1n) is 5.62. The first-order valence-corrected chi connectivity index (χ1v) is 6.50. The molecule has 2 aromatic heterocycles. The molecule has 0 aromatic carbocycles. The number of esters is 1. The molecule has 100 valence electrons. The maximum absolute atomic E-state index is 11.5. The van der Waals surface area contributed by atoms with Crippen LogP contribution in [0.3, 0.4) is 0 Å². The smallest absolute Gasteiger partial charge is 0.344 e. The SMILES string of the molecule is COC(=O)c1cncnc1OCCc1scnc1C. The Morgan fingerprint density at radius 3 is 2.95 bits per heavy atom. The van der Waals surface area contributed by atoms with Gasteiger partial charge in [-0.3, -0.25) is 0 Å². The number of nitrogens with zero attached hydrogens (tertiary/aromatic N) is 3. The number of carbonyl (C=O) groups excluding carboxylic acids is 1. The summed E-state index contributed by atoms with van der Waals surface area (Å²) in [5.74, 6) is -0.270. The van der Waals surface area contributed by atoms with Crippen molar-refractivity contribution in [3.05, 3.63) is 34.2 Å². The van der Waals surface area contributed by atoms with Gasteiger partial charge in [0.15, 0.2) is 0 Å². The van der Waals surface area contributed by atoms with Gasteiger partial charge in [-0.25, -0.2) is 19.7 Å². The number of aryl methyl sites for hydroxylation is 1. The monoisotopic (exact) mass is 279 g/mol. The second-order valence-electron chi connectivity index (χ2n) is 3.69. The maximum Gasteiger partial charge on any atom is 0.344 e. The van der Waals surface area contributed by atoms with Crippen molar-refractivity contribution >= 4 is 17.3 Å². The molecule has 0 atom stereocenters. The predicted molar refractivity (Wildman–Crippen MR) is 69.4 cm³/mol. The highest BCUT2D eigenvalue weighted by Crippen LogP contribution is 2.16. The molecule has 0 aliphatic carbocycles. The molecule has 6 nitrogen and oxygen atoms in total. The number of hydrogen-bond acceptors (Lipinski definition) is 7. The number of hydrogen-bond donors (Lipinski definition) is 0. The molecule has 0 aliphatic rings. The van der Waals surface area contributed by atoms with E-state index in [9.17, 15) is 4.79 Å². The summed E-state index contributed by atoms with van der Waals surface area (Å²) in [5.41, 5.74) is 3.03. The number of ether oxygens (including phenoxy) is 2. The summed E-state index contributed by atoms with van der Waals surface area (Å²) in [4.78, 5) is 24.5. The maximum atomic E-state index is 11.5. The minimum atomic E-state index is -0.510. The molecule has 0 aliphatic heterocycles. The first-order chi connectivity index (χ1) is 9.22. The summed E-state index contributed by atoms with van der Waals surface area (Å²) in [5, 5.41) is 0. The van der Waals surface area contributed by atoms with Crippen molar-refractivity contribution in [2.24, 2.45) is 0 Å². The third-order valence-corrected chi connectivity index (χ3v) is 3.49. The Balaban J connectivity index is 2.00. The Labute approximate surface area is 114 Å². The van der Waals surface area contributed by atoms with Crippen LogP contribution >= 0.6 is 11.3 Å². The molecular weight excluding hydrogens is 266 g/mol. The highest BCUT2D eigenvalue weighted by Gasteiger charge is 2.14. The lowest BCUT2D eigenvalue weighted by Crippen LogP contribution is -2.10. The van der Waals surface area contributed by atoms with Crippen LogP contribution < -0.4 is 4.74 Å². The molecule has 0 saturated carbocycles. The lowest BCUT2D eigenvalue weighted by atomic mass is 10.3. The van der Waals surface area contributed by atoms with E-state index in [-0.39, 0.29) is 11.4 Å². The third-order valence-electron chi connectivity index (χ3n) is 2.49. The lowest BCUT2D eigenvalue weighted by Gasteiger charge is -2.07. The van der Waals surface area contributed by atoms with E-state index in [1.807, 2.05) is 6.92 Å². The molecule has 0 bridgehead atoms. The van der Waals surface area contributed by atoms with Crippen LogP contribution in [0, 0.1) is 6.92 Å². The summed E-state index contributed by atoms with van der Waals surface area (Å²) >= 11 is 1.58. The zero-order valence-corrected chi connectivity index (χ0v) is 11.4. The van der Waals surface area contributed by atoms with Gasteiger partial charge in [0, 0.05) is 17.5 Å². The summed E-state index contributed by atoms with van der Waals surface area (Å²) in [6.45, 7) is 2.38. The number of carbonyl (C=O) groups is 1. The number of rotatable bonds is 5. The molecule has 0 amide bonds. The van der Waals surface area contributed by atoms with E-state index < -0.39 is 5.97 Å². The van der Waals surface area contributed by atoms with Crippen LogP contribution in [0.25, 0.3) is 0 Å². The van der Waals surface area contributed by atoms with Crippen molar-refractivity contribution in [3.63, 3.8) is 0 Å². The van der Waals surface area contributed by atoms with Gasteiger partial charge < -0.3 is 9.47 Å². The van der Waals surface area contributed by atoms with Gasteiger partial charge >= 0.3 is 5.97 Å². The van der Waals surface area contributed by atoms with E-state index in [2.05, 4.69) is 19.7 Å². The van der Waals surface area contributed by atoms with Crippen LogP contribution in [-0.4, -0.2) is 34.6 Å². The Bertz CT molecular complexity index is 571. The molecule has 0 unspecified atom stereocenters. The van der Waals surface area contributed by atoms with Gasteiger partial charge in [-0.05, 0) is 6.92 Å². The summed E-state index contributed by atoms with van der Waals surface area (Å²) < 4.78 is 10.2. The average Bonchev–Trinajstić information content (AvgIpc) is 2.84.